The second-order valence-electron chi connectivity index (χ2n) is 13.7. The molecule has 9 aromatic rings. The van der Waals surface area contributed by atoms with E-state index in [1.165, 1.54) is 0 Å². The van der Waals surface area contributed by atoms with Gasteiger partial charge in [-0.15, -0.1) is 0 Å². The molecule has 0 spiro atoms. The largest absolute Gasteiger partial charge is 0.456 e. The van der Waals surface area contributed by atoms with Crippen LogP contribution in [0.4, 0.5) is 0 Å². The van der Waals surface area contributed by atoms with Crippen LogP contribution in [0, 0.1) is 0 Å². The Morgan fingerprint density at radius 3 is 1.62 bits per heavy atom. The van der Waals surface area contributed by atoms with Crippen LogP contribution in [0.5, 0.6) is 0 Å². The fourth-order valence-electron chi connectivity index (χ4n) is 7.28. The minimum Gasteiger partial charge on any atom is -0.456 e. The molecule has 56 heavy (non-hydrogen) atoms. The number of amidine groups is 2. The Morgan fingerprint density at radius 1 is 0.429 bits per heavy atom. The van der Waals surface area contributed by atoms with Crippen molar-refractivity contribution in [2.75, 3.05) is 0 Å². The summed E-state index contributed by atoms with van der Waals surface area (Å²) in [4.78, 5) is 14.5. The van der Waals surface area contributed by atoms with E-state index in [2.05, 4.69) is 145 Å². The van der Waals surface area contributed by atoms with Crippen molar-refractivity contribution >= 4 is 40.3 Å². The molecule has 0 amide bonds. The molecule has 0 saturated carbocycles. The standard InChI is InChI=1S/C52H37N3O/c1-53-51(55-52(39-23-12-5-13-24-39)54-35-36-17-6-2-7-18-36)41-26-16-25-40(29-41)47-33-45(34-49-50(47)46-27-14-15-28-48(46)56-49)44-31-42(37-19-8-3-9-20-37)30-43(32-44)38-21-10-4-11-22-38/h2-34H,1,35H2. The van der Waals surface area contributed by atoms with Crippen molar-refractivity contribution in [3.63, 3.8) is 0 Å². The Balaban J connectivity index is 1.20. The molecular formula is C52H37N3O. The normalized spacial score (nSPS) is 11.9. The highest BCUT2D eigenvalue weighted by Gasteiger charge is 2.18. The molecule has 4 nitrogen and oxygen atoms in total. The van der Waals surface area contributed by atoms with Gasteiger partial charge in [0.05, 0.1) is 6.54 Å². The first-order chi connectivity index (χ1) is 27.7. The van der Waals surface area contributed by atoms with Gasteiger partial charge in [0.2, 0.25) is 0 Å². The molecule has 1 heterocycles. The van der Waals surface area contributed by atoms with Gasteiger partial charge < -0.3 is 4.42 Å². The minimum atomic E-state index is 0.495. The second kappa shape index (κ2) is 15.5. The van der Waals surface area contributed by atoms with Crippen molar-refractivity contribution in [3.8, 4) is 44.5 Å². The molecule has 8 aromatic carbocycles. The fraction of sp³-hybridized carbons (Fsp3) is 0.0192. The Kier molecular flexibility index (Phi) is 9.51. The molecule has 0 aliphatic rings. The van der Waals surface area contributed by atoms with Crippen molar-refractivity contribution in [2.24, 2.45) is 15.0 Å². The van der Waals surface area contributed by atoms with Crippen LogP contribution >= 0.6 is 0 Å². The average Bonchev–Trinajstić information content (AvgIpc) is 3.66. The first-order valence-electron chi connectivity index (χ1n) is 18.7. The van der Waals surface area contributed by atoms with Crippen LogP contribution in [-0.4, -0.2) is 18.4 Å². The summed E-state index contributed by atoms with van der Waals surface area (Å²) in [5.74, 6) is 1.09. The first-order valence-corrected chi connectivity index (χ1v) is 18.7. The van der Waals surface area contributed by atoms with Gasteiger partial charge in [-0.05, 0) is 99.3 Å². The first kappa shape index (κ1) is 34.3. The lowest BCUT2D eigenvalue weighted by molar-refractivity contribution is 0.669. The molecule has 0 unspecified atom stereocenters. The molecule has 0 N–H and O–H groups in total. The summed E-state index contributed by atoms with van der Waals surface area (Å²) in [6, 6.07) is 69.2. The molecule has 0 fully saturated rings. The van der Waals surface area contributed by atoms with E-state index in [0.29, 0.717) is 18.2 Å². The molecule has 0 aliphatic heterocycles. The summed E-state index contributed by atoms with van der Waals surface area (Å²) in [6.07, 6.45) is 0. The van der Waals surface area contributed by atoms with Crippen molar-refractivity contribution in [2.45, 2.75) is 6.54 Å². The Hall–Kier alpha value is -7.43. The molecule has 1 aromatic heterocycles. The maximum absolute atomic E-state index is 6.60. The highest BCUT2D eigenvalue weighted by molar-refractivity contribution is 6.16. The van der Waals surface area contributed by atoms with Gasteiger partial charge in [0, 0.05) is 21.9 Å². The molecule has 0 radical (unpaired) electrons. The van der Waals surface area contributed by atoms with Gasteiger partial charge in [0.15, 0.2) is 11.7 Å². The third kappa shape index (κ3) is 7.12. The maximum Gasteiger partial charge on any atom is 0.161 e. The van der Waals surface area contributed by atoms with Gasteiger partial charge in [0.1, 0.15) is 11.2 Å². The number of fused-ring (bicyclic) bond motifs is 3. The summed E-state index contributed by atoms with van der Waals surface area (Å²) in [7, 11) is 0. The number of rotatable bonds is 8. The van der Waals surface area contributed by atoms with Crippen molar-refractivity contribution < 1.29 is 4.42 Å². The quantitative estimate of drug-likeness (QED) is 0.114. The van der Waals surface area contributed by atoms with E-state index in [-0.39, 0.29) is 0 Å². The lowest BCUT2D eigenvalue weighted by Crippen LogP contribution is -2.05. The number of furan rings is 1. The van der Waals surface area contributed by atoms with Crippen LogP contribution in [0.15, 0.2) is 220 Å². The summed E-state index contributed by atoms with van der Waals surface area (Å²) in [6.45, 7) is 4.45. The molecule has 0 atom stereocenters. The smallest absolute Gasteiger partial charge is 0.161 e. The van der Waals surface area contributed by atoms with E-state index in [1.54, 1.807) is 0 Å². The predicted molar refractivity (Wildman–Crippen MR) is 235 cm³/mol. The lowest BCUT2D eigenvalue weighted by atomic mass is 9.90. The number of benzene rings is 8. The minimum absolute atomic E-state index is 0.495. The van der Waals surface area contributed by atoms with E-state index in [4.69, 9.17) is 14.4 Å². The van der Waals surface area contributed by atoms with E-state index < -0.39 is 0 Å². The Morgan fingerprint density at radius 2 is 0.964 bits per heavy atom. The second-order valence-corrected chi connectivity index (χ2v) is 13.7. The van der Waals surface area contributed by atoms with Crippen molar-refractivity contribution in [3.05, 3.63) is 217 Å². The molecular weight excluding hydrogens is 683 g/mol. The average molecular weight is 720 g/mol. The zero-order valence-corrected chi connectivity index (χ0v) is 30.7. The van der Waals surface area contributed by atoms with Crippen LogP contribution in [0.3, 0.4) is 0 Å². The van der Waals surface area contributed by atoms with E-state index >= 15 is 0 Å². The highest BCUT2D eigenvalue weighted by atomic mass is 16.3. The fourth-order valence-corrected chi connectivity index (χ4v) is 7.28. The van der Waals surface area contributed by atoms with E-state index in [1.807, 2.05) is 66.7 Å². The van der Waals surface area contributed by atoms with E-state index in [0.717, 1.165) is 83.1 Å². The number of aliphatic imine (C=N–C) groups is 3. The number of hydrogen-bond acceptors (Lipinski definition) is 2. The maximum atomic E-state index is 6.60. The van der Waals surface area contributed by atoms with Crippen LogP contribution < -0.4 is 0 Å². The number of para-hydroxylation sites is 1. The molecule has 0 saturated heterocycles. The number of nitrogens with zero attached hydrogens (tertiary/aromatic N) is 3. The summed E-state index contributed by atoms with van der Waals surface area (Å²) in [5.41, 5.74) is 13.4. The lowest BCUT2D eigenvalue weighted by Gasteiger charge is -2.14. The van der Waals surface area contributed by atoms with Crippen LogP contribution in [-0.2, 0) is 6.54 Å². The topological polar surface area (TPSA) is 50.2 Å². The summed E-state index contributed by atoms with van der Waals surface area (Å²) >= 11 is 0. The van der Waals surface area contributed by atoms with Crippen molar-refractivity contribution in [1.29, 1.82) is 0 Å². The van der Waals surface area contributed by atoms with Gasteiger partial charge in [-0.1, -0.05) is 158 Å². The highest BCUT2D eigenvalue weighted by Crippen LogP contribution is 2.42. The van der Waals surface area contributed by atoms with Gasteiger partial charge in [-0.2, -0.15) is 0 Å². The van der Waals surface area contributed by atoms with Crippen LogP contribution in [0.1, 0.15) is 16.7 Å². The zero-order valence-electron chi connectivity index (χ0n) is 30.7. The summed E-state index contributed by atoms with van der Waals surface area (Å²) in [5, 5.41) is 2.12. The predicted octanol–water partition coefficient (Wildman–Crippen LogP) is 13.3. The van der Waals surface area contributed by atoms with Crippen molar-refractivity contribution in [1.82, 2.24) is 0 Å². The Bertz CT molecular complexity index is 2820. The molecule has 4 heteroatoms. The monoisotopic (exact) mass is 719 g/mol. The SMILES string of the molecule is C=NC(=NC(=NCc1ccccc1)c1ccccc1)c1cccc(-c2cc(-c3cc(-c4ccccc4)cc(-c4ccccc4)c3)cc3oc4ccccc4c23)c1. The number of hydrogen-bond donors (Lipinski definition) is 0. The van der Waals surface area contributed by atoms with Gasteiger partial charge in [-0.25, -0.2) is 9.98 Å². The molecule has 9 rings (SSSR count). The van der Waals surface area contributed by atoms with Crippen LogP contribution in [0.25, 0.3) is 66.4 Å². The Labute approximate surface area is 326 Å². The van der Waals surface area contributed by atoms with Crippen LogP contribution in [0.2, 0.25) is 0 Å². The zero-order chi connectivity index (χ0) is 37.7. The van der Waals surface area contributed by atoms with Gasteiger partial charge in [0.25, 0.3) is 0 Å². The third-order valence-corrected chi connectivity index (χ3v) is 10.0. The summed E-state index contributed by atoms with van der Waals surface area (Å²) < 4.78 is 6.60. The third-order valence-electron chi connectivity index (χ3n) is 10.0. The molecule has 0 aliphatic carbocycles. The van der Waals surface area contributed by atoms with E-state index in [9.17, 15) is 0 Å². The molecule has 266 valence electrons. The van der Waals surface area contributed by atoms with Gasteiger partial charge >= 0.3 is 0 Å². The molecule has 0 bridgehead atoms. The van der Waals surface area contributed by atoms with Gasteiger partial charge in [-0.3, -0.25) is 4.99 Å².